The Bertz CT molecular complexity index is 240. The maximum atomic E-state index is 13.4. The Morgan fingerprint density at radius 1 is 1.53 bits per heavy atom. The van der Waals surface area contributed by atoms with Crippen LogP contribution in [0.25, 0.3) is 0 Å². The van der Waals surface area contributed by atoms with Crippen molar-refractivity contribution in [2.45, 2.75) is 44.9 Å². The van der Waals surface area contributed by atoms with Crippen molar-refractivity contribution in [3.8, 4) is 0 Å². The van der Waals surface area contributed by atoms with Gasteiger partial charge in [0, 0.05) is 18.6 Å². The molecule has 1 aliphatic heterocycles. The zero-order valence-corrected chi connectivity index (χ0v) is 9.46. The molecule has 1 fully saturated rings. The maximum absolute atomic E-state index is 13.4. The summed E-state index contributed by atoms with van der Waals surface area (Å²) in [6.45, 7) is 7.26. The van der Waals surface area contributed by atoms with E-state index in [1.807, 2.05) is 20.8 Å². The van der Waals surface area contributed by atoms with Gasteiger partial charge in [-0.1, -0.05) is 0 Å². The summed E-state index contributed by atoms with van der Waals surface area (Å²) < 4.78 is 13.4. The first-order valence-electron chi connectivity index (χ1n) is 5.19. The molecule has 1 rings (SSSR count). The lowest BCUT2D eigenvalue weighted by atomic mass is 9.97. The van der Waals surface area contributed by atoms with Crippen LogP contribution >= 0.6 is 0 Å². The average Bonchev–Trinajstić information content (AvgIpc) is 2.06. The third-order valence-electron chi connectivity index (χ3n) is 2.79. The van der Waals surface area contributed by atoms with E-state index in [1.165, 1.54) is 0 Å². The summed E-state index contributed by atoms with van der Waals surface area (Å²) in [5.74, 6) is 0. The Kier molecular flexibility index (Phi) is 3.54. The second-order valence-electron chi connectivity index (χ2n) is 4.98. The normalized spacial score (nSPS) is 28.8. The van der Waals surface area contributed by atoms with Crippen molar-refractivity contribution in [1.29, 1.82) is 0 Å². The van der Waals surface area contributed by atoms with Gasteiger partial charge in [-0.05, 0) is 27.2 Å². The molecule has 0 bridgehead atoms. The number of amides is 1. The molecule has 5 heteroatoms. The number of piperidine rings is 1. The quantitative estimate of drug-likeness (QED) is 0.700. The van der Waals surface area contributed by atoms with Crippen LogP contribution in [0.1, 0.15) is 27.2 Å². The van der Waals surface area contributed by atoms with Crippen LogP contribution in [0.15, 0.2) is 0 Å². The lowest BCUT2D eigenvalue weighted by molar-refractivity contribution is 0.0476. The molecule has 15 heavy (non-hydrogen) atoms. The number of alkyl halides is 1. The number of likely N-dealkylation sites (tertiary alicyclic amines) is 1. The van der Waals surface area contributed by atoms with Gasteiger partial charge in [0.15, 0.2) is 0 Å². The molecule has 0 aliphatic carbocycles. The van der Waals surface area contributed by atoms with E-state index in [1.54, 1.807) is 0 Å². The number of rotatable bonds is 1. The second-order valence-corrected chi connectivity index (χ2v) is 4.98. The molecule has 0 radical (unpaired) electrons. The van der Waals surface area contributed by atoms with Gasteiger partial charge in [0.1, 0.15) is 6.17 Å². The smallest absolute Gasteiger partial charge is 0.405 e. The summed E-state index contributed by atoms with van der Waals surface area (Å²) >= 11 is 0. The molecule has 1 saturated heterocycles. The van der Waals surface area contributed by atoms with Crippen molar-refractivity contribution in [1.82, 2.24) is 10.2 Å². The van der Waals surface area contributed by atoms with E-state index >= 15 is 0 Å². The van der Waals surface area contributed by atoms with Gasteiger partial charge in [0.05, 0.1) is 6.04 Å². The summed E-state index contributed by atoms with van der Waals surface area (Å²) in [6.07, 6.45) is -1.83. The van der Waals surface area contributed by atoms with E-state index in [4.69, 9.17) is 5.11 Å². The molecule has 4 nitrogen and oxygen atoms in total. The first-order valence-corrected chi connectivity index (χ1v) is 5.19. The topological polar surface area (TPSA) is 52.6 Å². The van der Waals surface area contributed by atoms with Crippen LogP contribution in [0, 0.1) is 0 Å². The summed E-state index contributed by atoms with van der Waals surface area (Å²) in [6, 6.07) is -0.601. The minimum Gasteiger partial charge on any atom is -0.465 e. The van der Waals surface area contributed by atoms with Gasteiger partial charge in [-0.2, -0.15) is 0 Å². The molecule has 0 aromatic carbocycles. The van der Waals surface area contributed by atoms with Crippen molar-refractivity contribution in [2.24, 2.45) is 0 Å². The Labute approximate surface area is 89.4 Å². The fourth-order valence-corrected chi connectivity index (χ4v) is 1.83. The molecule has 0 saturated carbocycles. The number of hydrogen-bond donors (Lipinski definition) is 2. The van der Waals surface area contributed by atoms with Crippen molar-refractivity contribution in [3.05, 3.63) is 0 Å². The summed E-state index contributed by atoms with van der Waals surface area (Å²) in [5, 5.41) is 10.8. The van der Waals surface area contributed by atoms with Gasteiger partial charge in [-0.15, -0.1) is 0 Å². The van der Waals surface area contributed by atoms with E-state index in [0.717, 1.165) is 0 Å². The molecule has 2 atom stereocenters. The molecule has 0 aromatic rings. The van der Waals surface area contributed by atoms with E-state index in [9.17, 15) is 9.18 Å². The molecular weight excluding hydrogens is 199 g/mol. The van der Waals surface area contributed by atoms with E-state index in [2.05, 4.69) is 10.2 Å². The first kappa shape index (κ1) is 12.2. The predicted octanol–water partition coefficient (Wildman–Crippen LogP) is 1.46. The number of nitrogens with zero attached hydrogens (tertiary/aromatic N) is 1. The SMILES string of the molecule is CC(C)(C)N1CC[C@@H](F)[C@H](NC(=O)O)C1. The highest BCUT2D eigenvalue weighted by Gasteiger charge is 2.34. The summed E-state index contributed by atoms with van der Waals surface area (Å²) in [4.78, 5) is 12.6. The van der Waals surface area contributed by atoms with Gasteiger partial charge in [-0.25, -0.2) is 9.18 Å². The van der Waals surface area contributed by atoms with Gasteiger partial charge < -0.3 is 10.4 Å². The fraction of sp³-hybridized carbons (Fsp3) is 0.900. The highest BCUT2D eigenvalue weighted by Crippen LogP contribution is 2.22. The first-order chi connectivity index (χ1) is 6.80. The van der Waals surface area contributed by atoms with Crippen molar-refractivity contribution in [2.75, 3.05) is 13.1 Å². The molecule has 0 unspecified atom stereocenters. The Hall–Kier alpha value is -0.840. The largest absolute Gasteiger partial charge is 0.465 e. The van der Waals surface area contributed by atoms with Crippen molar-refractivity contribution < 1.29 is 14.3 Å². The summed E-state index contributed by atoms with van der Waals surface area (Å²) in [7, 11) is 0. The molecule has 0 spiro atoms. The monoisotopic (exact) mass is 218 g/mol. The standard InChI is InChI=1S/C10H19FN2O2/c1-10(2,3)13-5-4-7(11)8(6-13)12-9(14)15/h7-8,12H,4-6H2,1-3H3,(H,14,15)/t7-,8-/m1/s1. The number of hydrogen-bond acceptors (Lipinski definition) is 2. The Morgan fingerprint density at radius 3 is 2.60 bits per heavy atom. The Balaban J connectivity index is 2.60. The van der Waals surface area contributed by atoms with E-state index in [0.29, 0.717) is 19.5 Å². The third-order valence-corrected chi connectivity index (χ3v) is 2.79. The molecular formula is C10H19FN2O2. The molecule has 1 amide bonds. The molecule has 2 N–H and O–H groups in total. The number of carboxylic acid groups (broad SMARTS) is 1. The van der Waals surface area contributed by atoms with Gasteiger partial charge in [0.25, 0.3) is 0 Å². The van der Waals surface area contributed by atoms with Crippen molar-refractivity contribution in [3.63, 3.8) is 0 Å². The van der Waals surface area contributed by atoms with Crippen LogP contribution in [0.4, 0.5) is 9.18 Å². The van der Waals surface area contributed by atoms with Crippen LogP contribution in [0.2, 0.25) is 0 Å². The lowest BCUT2D eigenvalue weighted by Crippen LogP contribution is -2.58. The predicted molar refractivity (Wildman–Crippen MR) is 55.8 cm³/mol. The zero-order valence-electron chi connectivity index (χ0n) is 9.46. The van der Waals surface area contributed by atoms with Crippen molar-refractivity contribution >= 4 is 6.09 Å². The number of halogens is 1. The molecule has 1 heterocycles. The number of carbonyl (C=O) groups is 1. The van der Waals surface area contributed by atoms with Crippen LogP contribution in [-0.2, 0) is 0 Å². The maximum Gasteiger partial charge on any atom is 0.405 e. The number of nitrogens with one attached hydrogen (secondary N) is 1. The van der Waals surface area contributed by atoms with Gasteiger partial charge >= 0.3 is 6.09 Å². The average molecular weight is 218 g/mol. The van der Waals surface area contributed by atoms with Crippen LogP contribution in [-0.4, -0.2) is 46.9 Å². The zero-order chi connectivity index (χ0) is 11.6. The Morgan fingerprint density at radius 2 is 2.13 bits per heavy atom. The highest BCUT2D eigenvalue weighted by molar-refractivity contribution is 5.65. The minimum absolute atomic E-state index is 0.0431. The second kappa shape index (κ2) is 4.35. The third kappa shape index (κ3) is 3.34. The minimum atomic E-state index is -1.15. The molecule has 1 aliphatic rings. The molecule has 0 aromatic heterocycles. The van der Waals surface area contributed by atoms with E-state index < -0.39 is 18.3 Å². The van der Waals surface area contributed by atoms with Crippen LogP contribution in [0.5, 0.6) is 0 Å². The van der Waals surface area contributed by atoms with Crippen LogP contribution in [0.3, 0.4) is 0 Å². The fourth-order valence-electron chi connectivity index (χ4n) is 1.83. The van der Waals surface area contributed by atoms with Gasteiger partial charge in [0.2, 0.25) is 0 Å². The molecule has 88 valence electrons. The van der Waals surface area contributed by atoms with E-state index in [-0.39, 0.29) is 5.54 Å². The van der Waals surface area contributed by atoms with Gasteiger partial charge in [-0.3, -0.25) is 4.90 Å². The lowest BCUT2D eigenvalue weighted by Gasteiger charge is -2.42. The highest BCUT2D eigenvalue weighted by atomic mass is 19.1. The summed E-state index contributed by atoms with van der Waals surface area (Å²) in [5.41, 5.74) is -0.0431. The van der Waals surface area contributed by atoms with Crippen LogP contribution < -0.4 is 5.32 Å².